The molecular formula is C13H12N4O2. The average molecular weight is 256 g/mol. The maximum atomic E-state index is 11.6. The standard InChI is InChI=1S/C13H12N4O2/c1-9-2-3-12(18)10(6-9)7-16-17-13(19)11-8-14-4-5-15-11/h2-8,18H,1H3,(H,17,19)/b16-7-. The third kappa shape index (κ3) is 3.35. The summed E-state index contributed by atoms with van der Waals surface area (Å²) in [7, 11) is 0. The summed E-state index contributed by atoms with van der Waals surface area (Å²) >= 11 is 0. The second-order valence-corrected chi connectivity index (χ2v) is 3.85. The highest BCUT2D eigenvalue weighted by molar-refractivity contribution is 5.93. The van der Waals surface area contributed by atoms with Crippen LogP contribution in [0.5, 0.6) is 5.75 Å². The number of nitrogens with one attached hydrogen (secondary N) is 1. The summed E-state index contributed by atoms with van der Waals surface area (Å²) in [6, 6.07) is 5.11. The third-order valence-electron chi connectivity index (χ3n) is 2.35. The fourth-order valence-electron chi connectivity index (χ4n) is 1.41. The molecule has 96 valence electrons. The van der Waals surface area contributed by atoms with Crippen molar-refractivity contribution in [2.24, 2.45) is 5.10 Å². The van der Waals surface area contributed by atoms with Gasteiger partial charge in [-0.25, -0.2) is 10.4 Å². The van der Waals surface area contributed by atoms with Gasteiger partial charge in [0.25, 0.3) is 5.91 Å². The highest BCUT2D eigenvalue weighted by atomic mass is 16.3. The van der Waals surface area contributed by atoms with Gasteiger partial charge in [0.05, 0.1) is 12.4 Å². The number of rotatable bonds is 3. The van der Waals surface area contributed by atoms with E-state index in [0.29, 0.717) is 5.56 Å². The minimum atomic E-state index is -0.462. The van der Waals surface area contributed by atoms with E-state index in [2.05, 4.69) is 20.5 Å². The molecule has 0 saturated carbocycles. The molecule has 0 saturated heterocycles. The molecule has 0 unspecified atom stereocenters. The highest BCUT2D eigenvalue weighted by Crippen LogP contribution is 2.15. The van der Waals surface area contributed by atoms with E-state index in [-0.39, 0.29) is 11.4 Å². The molecule has 1 heterocycles. The first-order valence-corrected chi connectivity index (χ1v) is 5.56. The van der Waals surface area contributed by atoms with Crippen molar-refractivity contribution < 1.29 is 9.90 Å². The molecule has 6 nitrogen and oxygen atoms in total. The van der Waals surface area contributed by atoms with Crippen LogP contribution >= 0.6 is 0 Å². The number of aryl methyl sites for hydroxylation is 1. The van der Waals surface area contributed by atoms with E-state index in [1.165, 1.54) is 24.8 Å². The Bertz CT molecular complexity index is 611. The fraction of sp³-hybridized carbons (Fsp3) is 0.0769. The largest absolute Gasteiger partial charge is 0.507 e. The molecular weight excluding hydrogens is 244 g/mol. The molecule has 0 spiro atoms. The molecule has 0 atom stereocenters. The van der Waals surface area contributed by atoms with E-state index in [9.17, 15) is 9.90 Å². The molecule has 19 heavy (non-hydrogen) atoms. The SMILES string of the molecule is Cc1ccc(O)c(/C=N\NC(=O)c2cnccn2)c1. The average Bonchev–Trinajstić information content (AvgIpc) is 2.43. The Morgan fingerprint density at radius 2 is 2.26 bits per heavy atom. The van der Waals surface area contributed by atoms with Crippen LogP contribution in [0.1, 0.15) is 21.6 Å². The Balaban J connectivity index is 2.04. The van der Waals surface area contributed by atoms with E-state index >= 15 is 0 Å². The summed E-state index contributed by atoms with van der Waals surface area (Å²) in [5.41, 5.74) is 4.00. The van der Waals surface area contributed by atoms with Crippen LogP contribution in [0.15, 0.2) is 41.9 Å². The van der Waals surface area contributed by atoms with Gasteiger partial charge in [0.2, 0.25) is 0 Å². The number of hydrogen-bond acceptors (Lipinski definition) is 5. The van der Waals surface area contributed by atoms with Crippen molar-refractivity contribution in [2.75, 3.05) is 0 Å². The van der Waals surface area contributed by atoms with E-state index < -0.39 is 5.91 Å². The zero-order valence-corrected chi connectivity index (χ0v) is 10.2. The molecule has 1 amide bonds. The maximum Gasteiger partial charge on any atom is 0.291 e. The van der Waals surface area contributed by atoms with Crippen LogP contribution in [0, 0.1) is 6.92 Å². The Hall–Kier alpha value is -2.76. The second kappa shape index (κ2) is 5.72. The molecule has 6 heteroatoms. The number of hydrazone groups is 1. The Morgan fingerprint density at radius 1 is 1.42 bits per heavy atom. The van der Waals surface area contributed by atoms with Crippen LogP contribution in [0.3, 0.4) is 0 Å². The van der Waals surface area contributed by atoms with Gasteiger partial charge in [-0.15, -0.1) is 0 Å². The van der Waals surface area contributed by atoms with E-state index in [1.54, 1.807) is 18.2 Å². The normalized spacial score (nSPS) is 10.6. The van der Waals surface area contributed by atoms with Gasteiger partial charge in [0.1, 0.15) is 11.4 Å². The molecule has 0 radical (unpaired) electrons. The van der Waals surface area contributed by atoms with Gasteiger partial charge < -0.3 is 5.11 Å². The van der Waals surface area contributed by atoms with Crippen molar-refractivity contribution in [1.29, 1.82) is 0 Å². The Morgan fingerprint density at radius 3 is 3.00 bits per heavy atom. The number of carbonyl (C=O) groups excluding carboxylic acids is 1. The van der Waals surface area contributed by atoms with Gasteiger partial charge in [0, 0.05) is 18.0 Å². The zero-order chi connectivity index (χ0) is 13.7. The van der Waals surface area contributed by atoms with Crippen LogP contribution < -0.4 is 5.43 Å². The summed E-state index contributed by atoms with van der Waals surface area (Å²) in [5.74, 6) is -0.361. The molecule has 2 rings (SSSR count). The van der Waals surface area contributed by atoms with Crippen LogP contribution in [0.2, 0.25) is 0 Å². The molecule has 0 aliphatic rings. The molecule has 0 fully saturated rings. The van der Waals surface area contributed by atoms with Crippen molar-refractivity contribution >= 4 is 12.1 Å². The fourth-order valence-corrected chi connectivity index (χ4v) is 1.41. The minimum absolute atomic E-state index is 0.100. The first-order valence-electron chi connectivity index (χ1n) is 5.56. The summed E-state index contributed by atoms with van der Waals surface area (Å²) < 4.78 is 0. The Labute approximate surface area is 109 Å². The lowest BCUT2D eigenvalue weighted by Gasteiger charge is -2.00. The molecule has 0 aliphatic heterocycles. The van der Waals surface area contributed by atoms with E-state index in [1.807, 2.05) is 6.92 Å². The first-order chi connectivity index (χ1) is 9.16. The summed E-state index contributed by atoms with van der Waals surface area (Å²) in [5, 5.41) is 13.4. The zero-order valence-electron chi connectivity index (χ0n) is 10.2. The van der Waals surface area contributed by atoms with Crippen molar-refractivity contribution in [1.82, 2.24) is 15.4 Å². The molecule has 1 aromatic carbocycles. The van der Waals surface area contributed by atoms with E-state index in [4.69, 9.17) is 0 Å². The van der Waals surface area contributed by atoms with E-state index in [0.717, 1.165) is 5.56 Å². The molecule has 2 aromatic rings. The van der Waals surface area contributed by atoms with Gasteiger partial charge in [-0.1, -0.05) is 11.6 Å². The van der Waals surface area contributed by atoms with Gasteiger partial charge >= 0.3 is 0 Å². The van der Waals surface area contributed by atoms with Crippen molar-refractivity contribution in [3.63, 3.8) is 0 Å². The number of phenols is 1. The van der Waals surface area contributed by atoms with Crippen LogP contribution in [-0.4, -0.2) is 27.2 Å². The van der Waals surface area contributed by atoms with Gasteiger partial charge in [-0.3, -0.25) is 9.78 Å². The van der Waals surface area contributed by atoms with Gasteiger partial charge in [-0.2, -0.15) is 5.10 Å². The van der Waals surface area contributed by atoms with Gasteiger partial charge in [-0.05, 0) is 19.1 Å². The number of carbonyl (C=O) groups is 1. The van der Waals surface area contributed by atoms with Crippen LogP contribution in [0.4, 0.5) is 0 Å². The molecule has 0 bridgehead atoms. The van der Waals surface area contributed by atoms with Crippen LogP contribution in [-0.2, 0) is 0 Å². The monoisotopic (exact) mass is 256 g/mol. The molecule has 1 aromatic heterocycles. The summed E-state index contributed by atoms with van der Waals surface area (Å²) in [6.45, 7) is 1.90. The van der Waals surface area contributed by atoms with Crippen molar-refractivity contribution in [3.05, 3.63) is 53.6 Å². The second-order valence-electron chi connectivity index (χ2n) is 3.85. The number of aromatic hydroxyl groups is 1. The number of benzene rings is 1. The predicted octanol–water partition coefficient (Wildman–Crippen LogP) is 1.25. The molecule has 2 N–H and O–H groups in total. The van der Waals surface area contributed by atoms with Gasteiger partial charge in [0.15, 0.2) is 0 Å². The Kier molecular flexibility index (Phi) is 3.82. The third-order valence-corrected chi connectivity index (χ3v) is 2.35. The predicted molar refractivity (Wildman–Crippen MR) is 69.9 cm³/mol. The number of hydrogen-bond donors (Lipinski definition) is 2. The highest BCUT2D eigenvalue weighted by Gasteiger charge is 2.04. The molecule has 0 aliphatic carbocycles. The lowest BCUT2D eigenvalue weighted by atomic mass is 10.1. The first kappa shape index (κ1) is 12.7. The smallest absolute Gasteiger partial charge is 0.291 e. The van der Waals surface area contributed by atoms with Crippen molar-refractivity contribution in [3.8, 4) is 5.75 Å². The lowest BCUT2D eigenvalue weighted by molar-refractivity contribution is 0.0949. The number of phenolic OH excluding ortho intramolecular Hbond substituents is 1. The minimum Gasteiger partial charge on any atom is -0.507 e. The van der Waals surface area contributed by atoms with Crippen LogP contribution in [0.25, 0.3) is 0 Å². The van der Waals surface area contributed by atoms with Crippen molar-refractivity contribution in [2.45, 2.75) is 6.92 Å². The summed E-state index contributed by atoms with van der Waals surface area (Å²) in [6.07, 6.45) is 5.61. The summed E-state index contributed by atoms with van der Waals surface area (Å²) in [4.78, 5) is 19.2. The number of nitrogens with zero attached hydrogens (tertiary/aromatic N) is 3. The topological polar surface area (TPSA) is 87.5 Å². The number of amides is 1. The quantitative estimate of drug-likeness (QED) is 0.639. The maximum absolute atomic E-state index is 11.6. The number of aromatic nitrogens is 2. The lowest BCUT2D eigenvalue weighted by Crippen LogP contribution is -2.19.